The minimum absolute atomic E-state index is 0.0152. The minimum Gasteiger partial charge on any atom is -0.504 e. The first-order valence-corrected chi connectivity index (χ1v) is 13.8. The van der Waals surface area contributed by atoms with Crippen LogP contribution in [0.1, 0.15) is 22.8 Å². The highest BCUT2D eigenvalue weighted by molar-refractivity contribution is 8.00. The van der Waals surface area contributed by atoms with Crippen LogP contribution in [-0.2, 0) is 9.59 Å². The molecule has 10 heteroatoms. The van der Waals surface area contributed by atoms with Gasteiger partial charge in [0.15, 0.2) is 11.5 Å². The van der Waals surface area contributed by atoms with E-state index in [9.17, 15) is 19.5 Å². The summed E-state index contributed by atoms with van der Waals surface area (Å²) in [5.74, 6) is -0.576. The topological polar surface area (TPSA) is 99.7 Å². The number of imide groups is 1. The fraction of sp³-hybridized carbons (Fsp3) is 0.346. The molecule has 2 amide bonds. The molecule has 3 heterocycles. The zero-order valence-electron chi connectivity index (χ0n) is 19.0. The average Bonchev–Trinajstić information content (AvgIpc) is 3.59. The number of hydrogen-bond donors (Lipinski definition) is 2. The zero-order chi connectivity index (χ0) is 24.9. The number of phenolic OH excluding ortho intramolecular Hbond substituents is 1. The third-order valence-electron chi connectivity index (χ3n) is 8.37. The quantitative estimate of drug-likeness (QED) is 0.475. The predicted octanol–water partition coefficient (Wildman–Crippen LogP) is 4.48. The molecule has 2 aliphatic heterocycles. The summed E-state index contributed by atoms with van der Waals surface area (Å²) in [5.41, 5.74) is 1.49. The number of aromatic nitrogens is 1. The number of rotatable bonds is 3. The summed E-state index contributed by atoms with van der Waals surface area (Å²) in [6, 6.07) is 12.1. The molecule has 7 atom stereocenters. The van der Waals surface area contributed by atoms with Gasteiger partial charge in [-0.05, 0) is 66.1 Å². The van der Waals surface area contributed by atoms with Crippen LogP contribution < -0.4 is 14.5 Å². The van der Waals surface area contributed by atoms with Gasteiger partial charge in [-0.2, -0.15) is 0 Å². The summed E-state index contributed by atoms with van der Waals surface area (Å²) in [4.78, 5) is 45.0. The number of carbonyl (C=O) groups is 2. The van der Waals surface area contributed by atoms with E-state index in [0.29, 0.717) is 16.5 Å². The number of phenols is 1. The molecule has 2 aromatic carbocycles. The number of amides is 2. The lowest BCUT2D eigenvalue weighted by Crippen LogP contribution is -2.42. The molecule has 2 aliphatic carbocycles. The largest absolute Gasteiger partial charge is 0.504 e. The smallest absolute Gasteiger partial charge is 0.305 e. The summed E-state index contributed by atoms with van der Waals surface area (Å²) >= 11 is 8.89. The standard InChI is InChI=1S/C26H21ClN2O5S2/c1-34-16-8-10(2-7-15(16)30)17-18-13-9-14(21(18)35-23-22(17)36-26(33)28-23)20-19(13)24(31)29(25(20)32)12-5-3-11(27)4-6-12/h2-8,13-14,17-21,30H,9H2,1H3,(H,28,33)/t13?,14?,17-,18?,19?,20?,21?/m1/s1. The Morgan fingerprint density at radius 3 is 2.50 bits per heavy atom. The number of benzene rings is 2. The fourth-order valence-corrected chi connectivity index (χ4v) is 10.1. The van der Waals surface area contributed by atoms with Crippen molar-refractivity contribution in [2.75, 3.05) is 12.0 Å². The molecule has 2 N–H and O–H groups in total. The van der Waals surface area contributed by atoms with Crippen LogP contribution in [0.25, 0.3) is 0 Å². The van der Waals surface area contributed by atoms with Crippen molar-refractivity contribution in [3.05, 3.63) is 67.6 Å². The number of nitrogens with one attached hydrogen (secondary N) is 1. The zero-order valence-corrected chi connectivity index (χ0v) is 21.4. The van der Waals surface area contributed by atoms with Gasteiger partial charge in [-0.1, -0.05) is 29.0 Å². The lowest BCUT2D eigenvalue weighted by atomic mass is 9.68. The molecule has 2 bridgehead atoms. The molecule has 6 unspecified atom stereocenters. The molecule has 184 valence electrons. The number of hydrogen-bond acceptors (Lipinski definition) is 7. The first-order chi connectivity index (χ1) is 17.4. The van der Waals surface area contributed by atoms with Gasteiger partial charge in [0.1, 0.15) is 0 Å². The van der Waals surface area contributed by atoms with Gasteiger partial charge in [-0.15, -0.1) is 11.8 Å². The number of methoxy groups -OCH3 is 1. The predicted molar refractivity (Wildman–Crippen MR) is 137 cm³/mol. The van der Waals surface area contributed by atoms with Crippen molar-refractivity contribution in [1.29, 1.82) is 0 Å². The second-order valence-corrected chi connectivity index (χ2v) is 12.5. The van der Waals surface area contributed by atoms with E-state index in [1.807, 2.05) is 12.1 Å². The maximum absolute atomic E-state index is 13.7. The van der Waals surface area contributed by atoms with Gasteiger partial charge >= 0.3 is 4.87 Å². The van der Waals surface area contributed by atoms with Gasteiger partial charge < -0.3 is 14.8 Å². The van der Waals surface area contributed by atoms with Crippen LogP contribution in [0.2, 0.25) is 5.02 Å². The molecule has 7 rings (SSSR count). The molecule has 0 radical (unpaired) electrons. The van der Waals surface area contributed by atoms with Crippen molar-refractivity contribution < 1.29 is 19.4 Å². The number of halogens is 1. The second-order valence-electron chi connectivity index (χ2n) is 9.88. The van der Waals surface area contributed by atoms with Crippen LogP contribution in [0, 0.1) is 29.6 Å². The average molecular weight is 541 g/mol. The Labute approximate surface area is 219 Å². The second kappa shape index (κ2) is 7.87. The van der Waals surface area contributed by atoms with Crippen molar-refractivity contribution in [2.24, 2.45) is 29.6 Å². The molecule has 1 aromatic heterocycles. The molecule has 36 heavy (non-hydrogen) atoms. The van der Waals surface area contributed by atoms with Gasteiger partial charge in [0.2, 0.25) is 11.8 Å². The highest BCUT2D eigenvalue weighted by atomic mass is 35.5. The number of thioether (sulfide) groups is 1. The van der Waals surface area contributed by atoms with Crippen molar-refractivity contribution in [3.63, 3.8) is 0 Å². The Kier molecular flexibility index (Phi) is 4.91. The lowest BCUT2D eigenvalue weighted by Gasteiger charge is -2.43. The number of H-pyrrole nitrogens is 1. The molecule has 3 aromatic rings. The Hall–Kier alpha value is -2.75. The molecule has 3 fully saturated rings. The van der Waals surface area contributed by atoms with Crippen molar-refractivity contribution >= 4 is 52.2 Å². The van der Waals surface area contributed by atoms with Crippen LogP contribution in [0.3, 0.4) is 0 Å². The van der Waals surface area contributed by atoms with Crippen LogP contribution in [0.15, 0.2) is 52.3 Å². The molecule has 4 aliphatic rings. The number of ether oxygens (including phenoxy) is 1. The molecule has 0 spiro atoms. The van der Waals surface area contributed by atoms with Gasteiger partial charge in [0.25, 0.3) is 0 Å². The highest BCUT2D eigenvalue weighted by Crippen LogP contribution is 2.68. The number of aromatic amines is 1. The van der Waals surface area contributed by atoms with Crippen molar-refractivity contribution in [2.45, 2.75) is 22.6 Å². The summed E-state index contributed by atoms with van der Waals surface area (Å²) in [7, 11) is 1.51. The molecule has 7 nitrogen and oxygen atoms in total. The van der Waals surface area contributed by atoms with Gasteiger partial charge in [-0.3, -0.25) is 19.3 Å². The number of thiazole rings is 1. The summed E-state index contributed by atoms with van der Waals surface area (Å²) in [5, 5.41) is 11.7. The third kappa shape index (κ3) is 2.96. The highest BCUT2D eigenvalue weighted by Gasteiger charge is 2.69. The molecular weight excluding hydrogens is 520 g/mol. The van der Waals surface area contributed by atoms with Crippen LogP contribution in [0.4, 0.5) is 5.69 Å². The number of nitrogens with zero attached hydrogens (tertiary/aromatic N) is 1. The van der Waals surface area contributed by atoms with E-state index < -0.39 is 0 Å². The first kappa shape index (κ1) is 22.4. The number of carbonyl (C=O) groups excluding carboxylic acids is 2. The Balaban J connectivity index is 1.33. The van der Waals surface area contributed by atoms with Gasteiger partial charge in [-0.25, -0.2) is 0 Å². The SMILES string of the molecule is COc1cc([C@H]2c3sc(=O)[nH]c3SC3C4CC(C5C(=O)N(c6ccc(Cl)cc6)C(=O)C45)C32)ccc1O. The number of anilines is 1. The summed E-state index contributed by atoms with van der Waals surface area (Å²) < 4.78 is 5.38. The normalized spacial score (nSPS) is 31.9. The first-order valence-electron chi connectivity index (χ1n) is 11.8. The monoisotopic (exact) mass is 540 g/mol. The third-order valence-corrected chi connectivity index (χ3v) is 11.2. The summed E-state index contributed by atoms with van der Waals surface area (Å²) in [6.07, 6.45) is 0.814. The maximum Gasteiger partial charge on any atom is 0.305 e. The Morgan fingerprint density at radius 2 is 1.78 bits per heavy atom. The minimum atomic E-state index is -0.376. The van der Waals surface area contributed by atoms with E-state index in [1.165, 1.54) is 23.3 Å². The Bertz CT molecular complexity index is 1480. The maximum atomic E-state index is 13.7. The lowest BCUT2D eigenvalue weighted by molar-refractivity contribution is -0.123. The van der Waals surface area contributed by atoms with Gasteiger partial charge in [0.05, 0.1) is 29.7 Å². The van der Waals surface area contributed by atoms with E-state index >= 15 is 0 Å². The van der Waals surface area contributed by atoms with E-state index in [1.54, 1.807) is 42.1 Å². The van der Waals surface area contributed by atoms with Gasteiger partial charge in [0, 0.05) is 21.1 Å². The molecular formula is C26H21ClN2O5S2. The van der Waals surface area contributed by atoms with Crippen LogP contribution >= 0.6 is 34.7 Å². The van der Waals surface area contributed by atoms with E-state index in [0.717, 1.165) is 21.9 Å². The van der Waals surface area contributed by atoms with Crippen molar-refractivity contribution in [3.8, 4) is 11.5 Å². The van der Waals surface area contributed by atoms with Crippen LogP contribution in [-0.4, -0.2) is 34.3 Å². The summed E-state index contributed by atoms with van der Waals surface area (Å²) in [6.45, 7) is 0. The van der Waals surface area contributed by atoms with Crippen LogP contribution in [0.5, 0.6) is 11.5 Å². The number of aromatic hydroxyl groups is 1. The Morgan fingerprint density at radius 1 is 1.06 bits per heavy atom. The fourth-order valence-electron chi connectivity index (χ4n) is 7.12. The van der Waals surface area contributed by atoms with E-state index in [2.05, 4.69) is 4.98 Å². The molecule has 2 saturated carbocycles. The van der Waals surface area contributed by atoms with E-state index in [4.69, 9.17) is 16.3 Å². The van der Waals surface area contributed by atoms with Crippen molar-refractivity contribution in [1.82, 2.24) is 4.98 Å². The molecule has 1 saturated heterocycles. The number of fused-ring (bicyclic) bond motifs is 9. The van der Waals surface area contributed by atoms with E-state index in [-0.39, 0.29) is 63.2 Å².